The fraction of sp³-hybridized carbons (Fsp3) is 0.667. The highest BCUT2D eigenvalue weighted by molar-refractivity contribution is 6.30. The second-order valence-electron chi connectivity index (χ2n) is 3.19. The van der Waals surface area contributed by atoms with Crippen molar-refractivity contribution in [2.75, 3.05) is 13.6 Å². The van der Waals surface area contributed by atoms with E-state index in [0.29, 0.717) is 0 Å². The molecule has 13 heavy (non-hydrogen) atoms. The van der Waals surface area contributed by atoms with E-state index in [1.165, 1.54) is 5.56 Å². The van der Waals surface area contributed by atoms with Crippen molar-refractivity contribution in [3.63, 3.8) is 0 Å². The molecule has 0 aliphatic carbocycles. The molecule has 1 rings (SSSR count). The monoisotopic (exact) mass is 201 g/mol. The first-order valence-electron chi connectivity index (χ1n) is 4.49. The molecule has 0 bridgehead atoms. The van der Waals surface area contributed by atoms with Gasteiger partial charge in [0.25, 0.3) is 0 Å². The molecule has 1 aromatic rings. The van der Waals surface area contributed by atoms with E-state index in [2.05, 4.69) is 10.4 Å². The zero-order valence-electron chi connectivity index (χ0n) is 8.39. The van der Waals surface area contributed by atoms with Crippen LogP contribution < -0.4 is 5.32 Å². The molecule has 0 unspecified atom stereocenters. The fourth-order valence-electron chi connectivity index (χ4n) is 1.40. The Morgan fingerprint density at radius 3 is 2.69 bits per heavy atom. The first-order chi connectivity index (χ1) is 6.16. The van der Waals surface area contributed by atoms with Crippen LogP contribution in [0.3, 0.4) is 0 Å². The second kappa shape index (κ2) is 4.63. The van der Waals surface area contributed by atoms with Crippen LogP contribution in [0, 0.1) is 6.92 Å². The molecule has 1 aromatic heterocycles. The van der Waals surface area contributed by atoms with E-state index in [1.807, 2.05) is 21.0 Å². The van der Waals surface area contributed by atoms with Crippen molar-refractivity contribution >= 4 is 11.6 Å². The number of nitrogens with zero attached hydrogens (tertiary/aromatic N) is 2. The Morgan fingerprint density at radius 2 is 2.23 bits per heavy atom. The number of hydrogen-bond acceptors (Lipinski definition) is 2. The molecular weight excluding hydrogens is 186 g/mol. The molecule has 0 radical (unpaired) electrons. The lowest BCUT2D eigenvalue weighted by Crippen LogP contribution is -2.08. The highest BCUT2D eigenvalue weighted by Gasteiger charge is 2.09. The summed E-state index contributed by atoms with van der Waals surface area (Å²) in [7, 11) is 3.83. The first kappa shape index (κ1) is 10.5. The molecule has 1 N–H and O–H groups in total. The molecule has 4 heteroatoms. The normalized spacial score (nSPS) is 10.8. The first-order valence-corrected chi connectivity index (χ1v) is 4.87. The Labute approximate surface area is 84.1 Å². The number of halogens is 1. The van der Waals surface area contributed by atoms with Crippen molar-refractivity contribution in [2.24, 2.45) is 7.05 Å². The van der Waals surface area contributed by atoms with Gasteiger partial charge in [-0.1, -0.05) is 11.6 Å². The van der Waals surface area contributed by atoms with Gasteiger partial charge in [0.05, 0.1) is 5.69 Å². The minimum absolute atomic E-state index is 0.772. The van der Waals surface area contributed by atoms with Crippen LogP contribution in [-0.2, 0) is 13.5 Å². The van der Waals surface area contributed by atoms with Gasteiger partial charge in [-0.3, -0.25) is 4.68 Å². The molecule has 3 nitrogen and oxygen atoms in total. The van der Waals surface area contributed by atoms with Crippen LogP contribution in [0.25, 0.3) is 0 Å². The van der Waals surface area contributed by atoms with Crippen LogP contribution in [0.15, 0.2) is 0 Å². The van der Waals surface area contributed by atoms with Crippen molar-refractivity contribution in [1.29, 1.82) is 0 Å². The van der Waals surface area contributed by atoms with Crippen LogP contribution in [0.5, 0.6) is 0 Å². The number of rotatable bonds is 4. The maximum absolute atomic E-state index is 6.07. The third kappa shape index (κ3) is 2.45. The maximum atomic E-state index is 6.07. The molecule has 0 saturated carbocycles. The molecule has 0 spiro atoms. The zero-order chi connectivity index (χ0) is 9.84. The van der Waals surface area contributed by atoms with Gasteiger partial charge in [0.1, 0.15) is 5.15 Å². The summed E-state index contributed by atoms with van der Waals surface area (Å²) in [5.74, 6) is 0. The average molecular weight is 202 g/mol. The van der Waals surface area contributed by atoms with E-state index in [-0.39, 0.29) is 0 Å². The molecule has 0 aliphatic rings. The fourth-order valence-corrected chi connectivity index (χ4v) is 1.67. The summed E-state index contributed by atoms with van der Waals surface area (Å²) < 4.78 is 1.73. The predicted molar refractivity (Wildman–Crippen MR) is 55.2 cm³/mol. The average Bonchev–Trinajstić information content (AvgIpc) is 2.32. The molecular formula is C9H16ClN3. The van der Waals surface area contributed by atoms with E-state index in [1.54, 1.807) is 4.68 Å². The zero-order valence-corrected chi connectivity index (χ0v) is 9.15. The summed E-state index contributed by atoms with van der Waals surface area (Å²) >= 11 is 6.07. The van der Waals surface area contributed by atoms with Gasteiger partial charge in [0.2, 0.25) is 0 Å². The highest BCUT2D eigenvalue weighted by Crippen LogP contribution is 2.19. The van der Waals surface area contributed by atoms with E-state index >= 15 is 0 Å². The number of aromatic nitrogens is 2. The summed E-state index contributed by atoms with van der Waals surface area (Å²) in [5.41, 5.74) is 2.23. The molecule has 0 saturated heterocycles. The number of aryl methyl sites for hydroxylation is 2. The molecule has 0 aromatic carbocycles. The summed E-state index contributed by atoms with van der Waals surface area (Å²) in [4.78, 5) is 0. The van der Waals surface area contributed by atoms with Gasteiger partial charge in [0, 0.05) is 12.6 Å². The van der Waals surface area contributed by atoms with Crippen LogP contribution in [0.1, 0.15) is 17.7 Å². The third-order valence-electron chi connectivity index (χ3n) is 2.12. The second-order valence-corrected chi connectivity index (χ2v) is 3.54. The lowest BCUT2D eigenvalue weighted by Gasteiger charge is -1.99. The van der Waals surface area contributed by atoms with Crippen LogP contribution in [0.2, 0.25) is 5.15 Å². The Balaban J connectivity index is 2.64. The standard InChI is InChI=1S/C9H16ClN3/c1-7-8(5-4-6-11-2)9(10)13(3)12-7/h11H,4-6H2,1-3H3. The SMILES string of the molecule is CNCCCc1c(C)nn(C)c1Cl. The lowest BCUT2D eigenvalue weighted by molar-refractivity contribution is 0.722. The smallest absolute Gasteiger partial charge is 0.130 e. The molecule has 0 fully saturated rings. The summed E-state index contributed by atoms with van der Waals surface area (Å²) in [6.45, 7) is 3.02. The molecule has 1 heterocycles. The van der Waals surface area contributed by atoms with Gasteiger partial charge in [-0.25, -0.2) is 0 Å². The van der Waals surface area contributed by atoms with Gasteiger partial charge < -0.3 is 5.32 Å². The van der Waals surface area contributed by atoms with E-state index in [0.717, 1.165) is 30.2 Å². The van der Waals surface area contributed by atoms with Crippen molar-refractivity contribution < 1.29 is 0 Å². The van der Waals surface area contributed by atoms with E-state index < -0.39 is 0 Å². The van der Waals surface area contributed by atoms with Crippen molar-refractivity contribution in [1.82, 2.24) is 15.1 Å². The van der Waals surface area contributed by atoms with Crippen molar-refractivity contribution in [2.45, 2.75) is 19.8 Å². The minimum Gasteiger partial charge on any atom is -0.320 e. The van der Waals surface area contributed by atoms with E-state index in [4.69, 9.17) is 11.6 Å². The molecule has 0 aliphatic heterocycles. The van der Waals surface area contributed by atoms with Crippen LogP contribution in [0.4, 0.5) is 0 Å². The quantitative estimate of drug-likeness (QED) is 0.749. The van der Waals surface area contributed by atoms with Crippen molar-refractivity contribution in [3.05, 3.63) is 16.4 Å². The molecule has 0 amide bonds. The van der Waals surface area contributed by atoms with Gasteiger partial charge in [0.15, 0.2) is 0 Å². The third-order valence-corrected chi connectivity index (χ3v) is 2.60. The highest BCUT2D eigenvalue weighted by atomic mass is 35.5. The predicted octanol–water partition coefficient (Wildman–Crippen LogP) is 1.53. The number of hydrogen-bond donors (Lipinski definition) is 1. The van der Waals surface area contributed by atoms with Gasteiger partial charge in [-0.05, 0) is 33.4 Å². The molecule has 74 valence electrons. The Hall–Kier alpha value is -0.540. The minimum atomic E-state index is 0.772. The van der Waals surface area contributed by atoms with E-state index in [9.17, 15) is 0 Å². The Bertz CT molecular complexity index is 281. The summed E-state index contributed by atoms with van der Waals surface area (Å²) in [5, 5.41) is 8.14. The van der Waals surface area contributed by atoms with Crippen LogP contribution in [-0.4, -0.2) is 23.4 Å². The lowest BCUT2D eigenvalue weighted by atomic mass is 10.1. The molecule has 0 atom stereocenters. The summed E-state index contributed by atoms with van der Waals surface area (Å²) in [6, 6.07) is 0. The van der Waals surface area contributed by atoms with Gasteiger partial charge in [-0.2, -0.15) is 5.10 Å². The largest absolute Gasteiger partial charge is 0.320 e. The number of nitrogens with one attached hydrogen (secondary N) is 1. The van der Waals surface area contributed by atoms with Crippen LogP contribution >= 0.6 is 11.6 Å². The Morgan fingerprint density at radius 1 is 1.54 bits per heavy atom. The maximum Gasteiger partial charge on any atom is 0.130 e. The van der Waals surface area contributed by atoms with Crippen molar-refractivity contribution in [3.8, 4) is 0 Å². The van der Waals surface area contributed by atoms with Gasteiger partial charge >= 0.3 is 0 Å². The Kier molecular flexibility index (Phi) is 3.75. The topological polar surface area (TPSA) is 29.9 Å². The van der Waals surface area contributed by atoms with Gasteiger partial charge in [-0.15, -0.1) is 0 Å². The summed E-state index contributed by atoms with van der Waals surface area (Å²) in [6.07, 6.45) is 2.10.